The first-order valence-electron chi connectivity index (χ1n) is 11.0. The lowest BCUT2D eigenvalue weighted by Crippen LogP contribution is -2.03. The Morgan fingerprint density at radius 2 is 1.24 bits per heavy atom. The summed E-state index contributed by atoms with van der Waals surface area (Å²) in [5.74, 6) is 2.84. The van der Waals surface area contributed by atoms with Crippen LogP contribution in [0.25, 0.3) is 11.1 Å². The van der Waals surface area contributed by atoms with Crippen LogP contribution >= 0.6 is 15.9 Å². The monoisotopic (exact) mass is 502 g/mol. The zero-order valence-electron chi connectivity index (χ0n) is 18.8. The zero-order chi connectivity index (χ0) is 23.4. The average Bonchev–Trinajstić information content (AvgIpc) is 2.82. The number of rotatable bonds is 7. The van der Waals surface area contributed by atoms with E-state index in [1.165, 1.54) is 0 Å². The van der Waals surface area contributed by atoms with Gasteiger partial charge in [-0.1, -0.05) is 50.2 Å². The van der Waals surface area contributed by atoms with Gasteiger partial charge in [0.15, 0.2) is 0 Å². The lowest BCUT2D eigenvalue weighted by atomic mass is 9.90. The van der Waals surface area contributed by atoms with Gasteiger partial charge in [-0.3, -0.25) is 0 Å². The van der Waals surface area contributed by atoms with E-state index in [-0.39, 0.29) is 0 Å². The fourth-order valence-electron chi connectivity index (χ4n) is 3.97. The summed E-state index contributed by atoms with van der Waals surface area (Å²) in [6, 6.07) is 25.2. The maximum Gasteiger partial charge on any atom is 0.137 e. The molecule has 0 atom stereocenters. The second-order valence-electron chi connectivity index (χ2n) is 7.72. The number of halogens is 1. The maximum atomic E-state index is 6.39. The molecule has 4 nitrogen and oxygen atoms in total. The minimum Gasteiger partial charge on any atom is -0.457 e. The van der Waals surface area contributed by atoms with E-state index < -0.39 is 0 Å². The molecule has 0 amide bonds. The van der Waals surface area contributed by atoms with E-state index >= 15 is 0 Å². The third-order valence-corrected chi connectivity index (χ3v) is 6.42. The molecule has 0 bridgehead atoms. The smallest absolute Gasteiger partial charge is 0.137 e. The Labute approximate surface area is 203 Å². The van der Waals surface area contributed by atoms with Crippen molar-refractivity contribution in [2.75, 3.05) is 11.5 Å². The molecule has 0 aliphatic carbocycles. The molecule has 0 aromatic heterocycles. The Kier molecular flexibility index (Phi) is 6.90. The van der Waals surface area contributed by atoms with Crippen LogP contribution in [-0.2, 0) is 12.8 Å². The number of hydrogen-bond acceptors (Lipinski definition) is 4. The van der Waals surface area contributed by atoms with Crippen molar-refractivity contribution in [1.29, 1.82) is 0 Å². The summed E-state index contributed by atoms with van der Waals surface area (Å²) in [4.78, 5) is 0. The Bertz CT molecular complexity index is 1260. The van der Waals surface area contributed by atoms with Gasteiger partial charge in [-0.15, -0.1) is 0 Å². The molecule has 4 aromatic rings. The van der Waals surface area contributed by atoms with Crippen LogP contribution < -0.4 is 20.9 Å². The number of para-hydroxylation sites is 2. The number of anilines is 2. The van der Waals surface area contributed by atoms with Crippen LogP contribution in [0.15, 0.2) is 83.3 Å². The molecule has 0 spiro atoms. The van der Waals surface area contributed by atoms with E-state index in [4.69, 9.17) is 20.9 Å². The van der Waals surface area contributed by atoms with Crippen LogP contribution in [0.4, 0.5) is 11.4 Å². The van der Waals surface area contributed by atoms with E-state index in [2.05, 4.69) is 29.8 Å². The van der Waals surface area contributed by atoms with Crippen LogP contribution in [0, 0.1) is 0 Å². The van der Waals surface area contributed by atoms with Gasteiger partial charge in [-0.2, -0.15) is 0 Å². The minimum absolute atomic E-state index is 0.626. The van der Waals surface area contributed by atoms with Crippen molar-refractivity contribution < 1.29 is 9.47 Å². The molecule has 4 N–H and O–H groups in total. The van der Waals surface area contributed by atoms with Crippen molar-refractivity contribution in [1.82, 2.24) is 0 Å². The molecule has 0 fully saturated rings. The number of nitrogen functional groups attached to an aromatic ring is 2. The maximum absolute atomic E-state index is 6.39. The lowest BCUT2D eigenvalue weighted by molar-refractivity contribution is 0.476. The number of ether oxygens (including phenoxy) is 2. The summed E-state index contributed by atoms with van der Waals surface area (Å²) in [6.45, 7) is 4.22. The van der Waals surface area contributed by atoms with E-state index in [1.54, 1.807) is 0 Å². The normalized spacial score (nSPS) is 10.8. The standard InChI is InChI=1S/C28H27BrN2O2/c1-3-18-15-19(30)16-24(32-20-11-7-5-8-12-20)26(18)27-22(4-2)28(29)23(31)17-25(27)33-21-13-9-6-10-14-21/h5-17H,3-4,30-31H2,1-2H3. The van der Waals surface area contributed by atoms with Gasteiger partial charge >= 0.3 is 0 Å². The molecule has 0 aliphatic heterocycles. The summed E-state index contributed by atoms with van der Waals surface area (Å²) in [5, 5.41) is 0. The summed E-state index contributed by atoms with van der Waals surface area (Å²) in [6.07, 6.45) is 1.53. The molecule has 0 radical (unpaired) electrons. The molecule has 33 heavy (non-hydrogen) atoms. The van der Waals surface area contributed by atoms with Crippen molar-refractivity contribution in [2.24, 2.45) is 0 Å². The Balaban J connectivity index is 2.00. The Hall–Kier alpha value is -3.44. The molecule has 0 saturated heterocycles. The van der Waals surface area contributed by atoms with E-state index in [9.17, 15) is 0 Å². The van der Waals surface area contributed by atoms with Gasteiger partial charge in [-0.05, 0) is 70.2 Å². The van der Waals surface area contributed by atoms with Gasteiger partial charge in [0, 0.05) is 39.1 Å². The molecule has 4 rings (SSSR count). The third-order valence-electron chi connectivity index (χ3n) is 5.49. The molecule has 0 unspecified atom stereocenters. The molecule has 0 saturated carbocycles. The molecular formula is C28H27BrN2O2. The predicted octanol–water partition coefficient (Wildman–Crippen LogP) is 7.99. The SMILES string of the molecule is CCc1cc(N)cc(Oc2ccccc2)c1-c1c(Oc2ccccc2)cc(N)c(Br)c1CC. The van der Waals surface area contributed by atoms with E-state index in [0.717, 1.165) is 51.1 Å². The van der Waals surface area contributed by atoms with Crippen molar-refractivity contribution in [3.05, 3.63) is 94.5 Å². The minimum atomic E-state index is 0.626. The van der Waals surface area contributed by atoms with Crippen LogP contribution in [-0.4, -0.2) is 0 Å². The summed E-state index contributed by atoms with van der Waals surface area (Å²) < 4.78 is 13.6. The largest absolute Gasteiger partial charge is 0.457 e. The van der Waals surface area contributed by atoms with Crippen LogP contribution in [0.2, 0.25) is 0 Å². The van der Waals surface area contributed by atoms with E-state index in [0.29, 0.717) is 22.9 Å². The van der Waals surface area contributed by atoms with Crippen LogP contribution in [0.5, 0.6) is 23.0 Å². The highest BCUT2D eigenvalue weighted by Crippen LogP contribution is 2.48. The van der Waals surface area contributed by atoms with Crippen LogP contribution in [0.1, 0.15) is 25.0 Å². The highest BCUT2D eigenvalue weighted by atomic mass is 79.9. The number of nitrogens with two attached hydrogens (primary N) is 2. The van der Waals surface area contributed by atoms with Gasteiger partial charge in [0.05, 0.1) is 0 Å². The summed E-state index contributed by atoms with van der Waals surface area (Å²) in [7, 11) is 0. The Morgan fingerprint density at radius 3 is 1.76 bits per heavy atom. The predicted molar refractivity (Wildman–Crippen MR) is 140 cm³/mol. The van der Waals surface area contributed by atoms with E-state index in [1.807, 2.05) is 78.9 Å². The van der Waals surface area contributed by atoms with Gasteiger partial charge in [-0.25, -0.2) is 0 Å². The van der Waals surface area contributed by atoms with Crippen molar-refractivity contribution in [2.45, 2.75) is 26.7 Å². The highest BCUT2D eigenvalue weighted by molar-refractivity contribution is 9.10. The quantitative estimate of drug-likeness (QED) is 0.251. The second kappa shape index (κ2) is 10.0. The third kappa shape index (κ3) is 4.83. The molecule has 0 aliphatic rings. The zero-order valence-corrected chi connectivity index (χ0v) is 20.4. The first-order chi connectivity index (χ1) is 16.0. The average molecular weight is 503 g/mol. The molecule has 0 heterocycles. The first-order valence-corrected chi connectivity index (χ1v) is 11.8. The first kappa shape index (κ1) is 22.7. The summed E-state index contributed by atoms with van der Waals surface area (Å²) >= 11 is 3.71. The van der Waals surface area contributed by atoms with Crippen molar-refractivity contribution in [3.8, 4) is 34.1 Å². The van der Waals surface area contributed by atoms with Gasteiger partial charge < -0.3 is 20.9 Å². The second-order valence-corrected chi connectivity index (χ2v) is 8.51. The lowest BCUT2D eigenvalue weighted by Gasteiger charge is -2.23. The molecule has 5 heteroatoms. The van der Waals surface area contributed by atoms with Gasteiger partial charge in [0.2, 0.25) is 0 Å². The topological polar surface area (TPSA) is 70.5 Å². The molecule has 168 valence electrons. The van der Waals surface area contributed by atoms with Gasteiger partial charge in [0.25, 0.3) is 0 Å². The molecular weight excluding hydrogens is 476 g/mol. The number of benzene rings is 4. The number of hydrogen-bond donors (Lipinski definition) is 2. The highest BCUT2D eigenvalue weighted by Gasteiger charge is 2.24. The fourth-order valence-corrected chi connectivity index (χ4v) is 4.56. The van der Waals surface area contributed by atoms with Crippen LogP contribution in [0.3, 0.4) is 0 Å². The Morgan fingerprint density at radius 1 is 0.697 bits per heavy atom. The van der Waals surface area contributed by atoms with Crippen molar-refractivity contribution >= 4 is 27.3 Å². The summed E-state index contributed by atoms with van der Waals surface area (Å²) in [5.41, 5.74) is 18.0. The fraction of sp³-hybridized carbons (Fsp3) is 0.143. The number of aryl methyl sites for hydroxylation is 1. The van der Waals surface area contributed by atoms with Crippen molar-refractivity contribution in [3.63, 3.8) is 0 Å². The van der Waals surface area contributed by atoms with Gasteiger partial charge in [0.1, 0.15) is 23.0 Å². The molecule has 4 aromatic carbocycles.